The maximum Gasteiger partial charge on any atom is 0.251 e. The van der Waals surface area contributed by atoms with Gasteiger partial charge < -0.3 is 5.32 Å². The lowest BCUT2D eigenvalue weighted by atomic mass is 10.1. The molecule has 1 rings (SSSR count). The van der Waals surface area contributed by atoms with Gasteiger partial charge in [0.2, 0.25) is 10.0 Å². The summed E-state index contributed by atoms with van der Waals surface area (Å²) in [5.74, 6) is 0.364. The van der Waals surface area contributed by atoms with Gasteiger partial charge in [0.15, 0.2) is 0 Å². The zero-order chi connectivity index (χ0) is 15.9. The molecule has 2 N–H and O–H groups in total. The number of benzene rings is 1. The van der Waals surface area contributed by atoms with Crippen molar-refractivity contribution in [2.75, 3.05) is 13.1 Å². The highest BCUT2D eigenvalue weighted by Gasteiger charge is 2.14. The van der Waals surface area contributed by atoms with Crippen molar-refractivity contribution >= 4 is 15.9 Å². The minimum Gasteiger partial charge on any atom is -0.352 e. The van der Waals surface area contributed by atoms with Gasteiger partial charge in [0.25, 0.3) is 5.91 Å². The molecular weight excluding hydrogens is 288 g/mol. The maximum atomic E-state index is 12.0. The highest BCUT2D eigenvalue weighted by Crippen LogP contribution is 2.11. The van der Waals surface area contributed by atoms with E-state index in [1.54, 1.807) is 19.1 Å². The number of carbonyl (C=O) groups excluding carboxylic acids is 1. The van der Waals surface area contributed by atoms with Gasteiger partial charge in [-0.2, -0.15) is 0 Å². The van der Waals surface area contributed by atoms with Crippen molar-refractivity contribution in [3.63, 3.8) is 0 Å². The Morgan fingerprint density at radius 1 is 1.29 bits per heavy atom. The van der Waals surface area contributed by atoms with Crippen molar-refractivity contribution in [3.8, 4) is 0 Å². The first-order chi connectivity index (χ1) is 9.86. The average molecular weight is 312 g/mol. The molecule has 0 aliphatic carbocycles. The van der Waals surface area contributed by atoms with Crippen LogP contribution in [0, 0.1) is 5.92 Å². The summed E-state index contributed by atoms with van der Waals surface area (Å²) in [5.41, 5.74) is 0.360. The van der Waals surface area contributed by atoms with Crippen LogP contribution < -0.4 is 10.0 Å². The minimum atomic E-state index is -3.53. The van der Waals surface area contributed by atoms with E-state index in [1.807, 2.05) is 0 Å². The van der Waals surface area contributed by atoms with Crippen LogP contribution in [0.1, 0.15) is 44.0 Å². The summed E-state index contributed by atoms with van der Waals surface area (Å²) in [5, 5.41) is 2.81. The van der Waals surface area contributed by atoms with Crippen LogP contribution in [0.3, 0.4) is 0 Å². The van der Waals surface area contributed by atoms with Crippen molar-refractivity contribution in [1.29, 1.82) is 0 Å². The monoisotopic (exact) mass is 312 g/mol. The third kappa shape index (κ3) is 5.85. The van der Waals surface area contributed by atoms with Crippen molar-refractivity contribution in [2.45, 2.75) is 38.5 Å². The lowest BCUT2D eigenvalue weighted by Gasteiger charge is -2.09. The first kappa shape index (κ1) is 17.7. The van der Waals surface area contributed by atoms with E-state index in [4.69, 9.17) is 0 Å². The summed E-state index contributed by atoms with van der Waals surface area (Å²) in [6.07, 6.45) is 1.97. The Labute approximate surface area is 127 Å². The molecule has 5 nitrogen and oxygen atoms in total. The number of carbonyl (C=O) groups is 1. The van der Waals surface area contributed by atoms with Crippen LogP contribution in [-0.4, -0.2) is 27.4 Å². The lowest BCUT2D eigenvalue weighted by molar-refractivity contribution is 0.0952. The van der Waals surface area contributed by atoms with Crippen LogP contribution >= 0.6 is 0 Å². The van der Waals surface area contributed by atoms with Gasteiger partial charge in [-0.25, -0.2) is 13.1 Å². The number of hydrogen-bond acceptors (Lipinski definition) is 3. The molecule has 0 aromatic heterocycles. The summed E-state index contributed by atoms with van der Waals surface area (Å²) in [6.45, 7) is 6.89. The summed E-state index contributed by atoms with van der Waals surface area (Å²) < 4.78 is 26.2. The molecule has 0 unspecified atom stereocenters. The zero-order valence-electron chi connectivity index (χ0n) is 12.8. The van der Waals surface area contributed by atoms with Gasteiger partial charge in [0.05, 0.1) is 4.90 Å². The van der Waals surface area contributed by atoms with E-state index in [0.29, 0.717) is 24.6 Å². The molecule has 6 heteroatoms. The number of hydrogen-bond donors (Lipinski definition) is 2. The largest absolute Gasteiger partial charge is 0.352 e. The molecule has 0 aliphatic rings. The van der Waals surface area contributed by atoms with E-state index in [0.717, 1.165) is 12.8 Å². The molecule has 0 atom stereocenters. The predicted molar refractivity (Wildman–Crippen MR) is 83.7 cm³/mol. The Kier molecular flexibility index (Phi) is 6.84. The molecule has 21 heavy (non-hydrogen) atoms. The van der Waals surface area contributed by atoms with E-state index < -0.39 is 10.0 Å². The molecular formula is C15H24N2O3S. The first-order valence-corrected chi connectivity index (χ1v) is 8.73. The lowest BCUT2D eigenvalue weighted by Crippen LogP contribution is -2.26. The fourth-order valence-corrected chi connectivity index (χ4v) is 2.98. The molecule has 0 radical (unpaired) electrons. The van der Waals surface area contributed by atoms with Crippen molar-refractivity contribution < 1.29 is 13.2 Å². The van der Waals surface area contributed by atoms with Crippen LogP contribution in [0.15, 0.2) is 29.2 Å². The highest BCUT2D eigenvalue weighted by atomic mass is 32.2. The van der Waals surface area contributed by atoms with Crippen LogP contribution in [0.2, 0.25) is 0 Å². The van der Waals surface area contributed by atoms with Gasteiger partial charge in [-0.3, -0.25) is 4.79 Å². The van der Waals surface area contributed by atoms with Crippen molar-refractivity contribution in [3.05, 3.63) is 29.8 Å². The Hall–Kier alpha value is -1.40. The minimum absolute atomic E-state index is 0.110. The molecule has 0 fully saturated rings. The maximum absolute atomic E-state index is 12.0. The second kappa shape index (κ2) is 8.14. The zero-order valence-corrected chi connectivity index (χ0v) is 13.7. The SMILES string of the molecule is CCNS(=O)(=O)c1cccc(C(=O)NCCCC(C)C)c1. The second-order valence-corrected chi connectivity index (χ2v) is 7.09. The van der Waals surface area contributed by atoms with Gasteiger partial charge in [-0.1, -0.05) is 26.8 Å². The molecule has 1 aromatic carbocycles. The van der Waals surface area contributed by atoms with Gasteiger partial charge in [-0.05, 0) is 37.0 Å². The summed E-state index contributed by atoms with van der Waals surface area (Å²) in [4.78, 5) is 12.1. The smallest absolute Gasteiger partial charge is 0.251 e. The summed E-state index contributed by atoms with van der Waals surface area (Å²) in [7, 11) is -3.53. The number of amides is 1. The normalized spacial score (nSPS) is 11.6. The standard InChI is InChI=1S/C15H24N2O3S/c1-4-17-21(19,20)14-9-5-8-13(11-14)15(18)16-10-6-7-12(2)3/h5,8-9,11-12,17H,4,6-7,10H2,1-3H3,(H,16,18). The molecule has 0 heterocycles. The molecule has 118 valence electrons. The van der Waals surface area contributed by atoms with E-state index in [2.05, 4.69) is 23.9 Å². The highest BCUT2D eigenvalue weighted by molar-refractivity contribution is 7.89. The topological polar surface area (TPSA) is 75.3 Å². The van der Waals surface area contributed by atoms with Crippen LogP contribution in [0.4, 0.5) is 0 Å². The number of nitrogens with one attached hydrogen (secondary N) is 2. The third-order valence-electron chi connectivity index (χ3n) is 2.98. The fourth-order valence-electron chi connectivity index (χ4n) is 1.89. The van der Waals surface area contributed by atoms with Gasteiger partial charge in [-0.15, -0.1) is 0 Å². The van der Waals surface area contributed by atoms with Gasteiger partial charge in [0.1, 0.15) is 0 Å². The number of sulfonamides is 1. The quantitative estimate of drug-likeness (QED) is 0.722. The van der Waals surface area contributed by atoms with Crippen molar-refractivity contribution in [2.24, 2.45) is 5.92 Å². The Morgan fingerprint density at radius 3 is 2.62 bits per heavy atom. The molecule has 0 spiro atoms. The Morgan fingerprint density at radius 2 is 2.00 bits per heavy atom. The molecule has 0 aliphatic heterocycles. The summed E-state index contributed by atoms with van der Waals surface area (Å²) in [6, 6.07) is 6.07. The van der Waals surface area contributed by atoms with E-state index >= 15 is 0 Å². The third-order valence-corrected chi connectivity index (χ3v) is 4.53. The van der Waals surface area contributed by atoms with Crippen molar-refractivity contribution in [1.82, 2.24) is 10.0 Å². The van der Waals surface area contributed by atoms with Gasteiger partial charge >= 0.3 is 0 Å². The molecule has 0 saturated heterocycles. The number of rotatable bonds is 8. The van der Waals surface area contributed by atoms with Crippen LogP contribution in [0.5, 0.6) is 0 Å². The Bertz CT molecular complexity index is 568. The average Bonchev–Trinajstić information content (AvgIpc) is 2.43. The molecule has 1 amide bonds. The first-order valence-electron chi connectivity index (χ1n) is 7.24. The van der Waals surface area contributed by atoms with Crippen LogP contribution in [0.25, 0.3) is 0 Å². The molecule has 0 bridgehead atoms. The van der Waals surface area contributed by atoms with Crippen LogP contribution in [-0.2, 0) is 10.0 Å². The predicted octanol–water partition coefficient (Wildman–Crippen LogP) is 2.15. The summed E-state index contributed by atoms with van der Waals surface area (Å²) >= 11 is 0. The van der Waals surface area contributed by atoms with E-state index in [-0.39, 0.29) is 10.8 Å². The molecule has 1 aromatic rings. The fraction of sp³-hybridized carbons (Fsp3) is 0.533. The Balaban J connectivity index is 2.70. The molecule has 0 saturated carbocycles. The second-order valence-electron chi connectivity index (χ2n) is 5.32. The van der Waals surface area contributed by atoms with E-state index in [1.165, 1.54) is 12.1 Å². The van der Waals surface area contributed by atoms with Gasteiger partial charge in [0, 0.05) is 18.7 Å². The van der Waals surface area contributed by atoms with E-state index in [9.17, 15) is 13.2 Å².